The number of aromatic nitrogens is 1. The van der Waals surface area contributed by atoms with Crippen molar-refractivity contribution in [3.05, 3.63) is 36.5 Å². The van der Waals surface area contributed by atoms with Crippen molar-refractivity contribution < 1.29 is 14.7 Å². The third kappa shape index (κ3) is 2.14. The molecule has 2 unspecified atom stereocenters. The van der Waals surface area contributed by atoms with Crippen LogP contribution in [0.5, 0.6) is 0 Å². The number of fused-ring (bicyclic) bond motifs is 1. The normalized spacial score (nSPS) is 22.8. The fourth-order valence-corrected chi connectivity index (χ4v) is 3.01. The molecule has 1 saturated carbocycles. The number of carboxylic acids is 1. The Bertz CT molecular complexity index is 734. The summed E-state index contributed by atoms with van der Waals surface area (Å²) in [6.07, 6.45) is 1.69. The minimum atomic E-state index is -0.917. The standard InChI is InChI=1S/C16H16N2O3/c1-16(2)12(13(16)15(20)21)14(19)18-11-7-3-6-10-9(11)5-4-8-17-10/h3-8,12-13H,1-2H3,(H,18,19)(H,20,21). The van der Waals surface area contributed by atoms with Crippen molar-refractivity contribution >= 4 is 28.5 Å². The van der Waals surface area contributed by atoms with E-state index in [1.165, 1.54) is 0 Å². The molecule has 5 heteroatoms. The van der Waals surface area contributed by atoms with Crippen LogP contribution in [-0.4, -0.2) is 22.0 Å². The topological polar surface area (TPSA) is 79.3 Å². The first kappa shape index (κ1) is 13.5. The summed E-state index contributed by atoms with van der Waals surface area (Å²) in [7, 11) is 0. The summed E-state index contributed by atoms with van der Waals surface area (Å²) in [6, 6.07) is 9.17. The zero-order valence-electron chi connectivity index (χ0n) is 11.8. The fraction of sp³-hybridized carbons (Fsp3) is 0.312. The van der Waals surface area contributed by atoms with Crippen LogP contribution < -0.4 is 5.32 Å². The molecule has 21 heavy (non-hydrogen) atoms. The Hall–Kier alpha value is -2.43. The summed E-state index contributed by atoms with van der Waals surface area (Å²) in [5, 5.41) is 12.8. The molecule has 0 radical (unpaired) electrons. The van der Waals surface area contributed by atoms with Crippen LogP contribution in [-0.2, 0) is 9.59 Å². The molecular weight excluding hydrogens is 268 g/mol. The molecule has 1 amide bonds. The molecule has 108 valence electrons. The highest BCUT2D eigenvalue weighted by molar-refractivity contribution is 6.05. The minimum Gasteiger partial charge on any atom is -0.481 e. The Morgan fingerprint density at radius 2 is 1.95 bits per heavy atom. The highest BCUT2D eigenvalue weighted by Gasteiger charge is 2.65. The lowest BCUT2D eigenvalue weighted by Crippen LogP contribution is -2.18. The maximum Gasteiger partial charge on any atom is 0.307 e. The summed E-state index contributed by atoms with van der Waals surface area (Å²) in [5.41, 5.74) is 0.955. The minimum absolute atomic E-state index is 0.247. The molecule has 1 fully saturated rings. The molecule has 1 aromatic carbocycles. The van der Waals surface area contributed by atoms with Crippen LogP contribution in [0.3, 0.4) is 0 Å². The highest BCUT2D eigenvalue weighted by atomic mass is 16.4. The first-order valence-electron chi connectivity index (χ1n) is 6.80. The fourth-order valence-electron chi connectivity index (χ4n) is 3.01. The Morgan fingerprint density at radius 3 is 2.62 bits per heavy atom. The molecule has 2 aromatic rings. The van der Waals surface area contributed by atoms with Crippen LogP contribution in [0, 0.1) is 17.3 Å². The molecule has 0 saturated heterocycles. The number of aliphatic carboxylic acids is 1. The molecule has 1 aliphatic rings. The second-order valence-corrected chi connectivity index (χ2v) is 5.98. The van der Waals surface area contributed by atoms with Crippen LogP contribution >= 0.6 is 0 Å². The van der Waals surface area contributed by atoms with Gasteiger partial charge in [-0.3, -0.25) is 14.6 Å². The Kier molecular flexibility index (Phi) is 2.93. The van der Waals surface area contributed by atoms with E-state index in [1.54, 1.807) is 32.2 Å². The van der Waals surface area contributed by atoms with E-state index < -0.39 is 23.2 Å². The first-order chi connectivity index (χ1) is 9.93. The second kappa shape index (κ2) is 4.55. The van der Waals surface area contributed by atoms with Gasteiger partial charge in [0.1, 0.15) is 0 Å². The lowest BCUT2D eigenvalue weighted by atomic mass is 10.1. The van der Waals surface area contributed by atoms with Crippen LogP contribution in [0.15, 0.2) is 36.5 Å². The smallest absolute Gasteiger partial charge is 0.307 e. The van der Waals surface area contributed by atoms with Crippen LogP contribution in [0.4, 0.5) is 5.69 Å². The number of amides is 1. The van der Waals surface area contributed by atoms with Gasteiger partial charge in [0.25, 0.3) is 0 Å². The third-order valence-electron chi connectivity index (χ3n) is 4.28. The number of hydrogen-bond acceptors (Lipinski definition) is 3. The molecule has 2 atom stereocenters. The molecule has 3 rings (SSSR count). The average Bonchev–Trinajstić information content (AvgIpc) is 3.02. The van der Waals surface area contributed by atoms with E-state index in [1.807, 2.05) is 18.2 Å². The maximum absolute atomic E-state index is 12.4. The molecule has 0 bridgehead atoms. The van der Waals surface area contributed by atoms with E-state index >= 15 is 0 Å². The summed E-state index contributed by atoms with van der Waals surface area (Å²) in [6.45, 7) is 3.61. The monoisotopic (exact) mass is 284 g/mol. The second-order valence-electron chi connectivity index (χ2n) is 5.98. The van der Waals surface area contributed by atoms with Crippen molar-refractivity contribution in [1.29, 1.82) is 0 Å². The first-order valence-corrected chi connectivity index (χ1v) is 6.80. The summed E-state index contributed by atoms with van der Waals surface area (Å²) in [4.78, 5) is 27.8. The Morgan fingerprint density at radius 1 is 1.19 bits per heavy atom. The molecule has 0 aliphatic heterocycles. The molecule has 0 spiro atoms. The Labute approximate surface area is 122 Å². The third-order valence-corrected chi connectivity index (χ3v) is 4.28. The van der Waals surface area contributed by atoms with E-state index in [9.17, 15) is 9.59 Å². The van der Waals surface area contributed by atoms with Crippen LogP contribution in [0.1, 0.15) is 13.8 Å². The van der Waals surface area contributed by atoms with E-state index in [0.29, 0.717) is 5.69 Å². The number of hydrogen-bond donors (Lipinski definition) is 2. The van der Waals surface area contributed by atoms with Gasteiger partial charge in [0, 0.05) is 11.6 Å². The van der Waals surface area contributed by atoms with E-state index in [-0.39, 0.29) is 5.91 Å². The molecule has 5 nitrogen and oxygen atoms in total. The number of rotatable bonds is 3. The van der Waals surface area contributed by atoms with Gasteiger partial charge in [-0.1, -0.05) is 19.9 Å². The summed E-state index contributed by atoms with van der Waals surface area (Å²) < 4.78 is 0. The van der Waals surface area contributed by atoms with Gasteiger partial charge in [-0.2, -0.15) is 0 Å². The van der Waals surface area contributed by atoms with E-state index in [2.05, 4.69) is 10.3 Å². The zero-order valence-corrected chi connectivity index (χ0v) is 11.8. The maximum atomic E-state index is 12.4. The lowest BCUT2D eigenvalue weighted by Gasteiger charge is -2.08. The molecular formula is C16H16N2O3. The van der Waals surface area contributed by atoms with Crippen molar-refractivity contribution in [2.45, 2.75) is 13.8 Å². The average molecular weight is 284 g/mol. The van der Waals surface area contributed by atoms with Gasteiger partial charge < -0.3 is 10.4 Å². The Balaban J connectivity index is 1.87. The van der Waals surface area contributed by atoms with Crippen LogP contribution in [0.25, 0.3) is 10.9 Å². The van der Waals surface area contributed by atoms with Gasteiger partial charge in [-0.15, -0.1) is 0 Å². The van der Waals surface area contributed by atoms with Crippen molar-refractivity contribution in [1.82, 2.24) is 4.98 Å². The summed E-state index contributed by atoms with van der Waals surface area (Å²) >= 11 is 0. The van der Waals surface area contributed by atoms with Gasteiger partial charge in [-0.25, -0.2) is 0 Å². The number of nitrogens with one attached hydrogen (secondary N) is 1. The number of nitrogens with zero attached hydrogens (tertiary/aromatic N) is 1. The molecule has 1 aliphatic carbocycles. The van der Waals surface area contributed by atoms with Crippen molar-refractivity contribution in [2.24, 2.45) is 17.3 Å². The summed E-state index contributed by atoms with van der Waals surface area (Å²) in [5.74, 6) is -2.28. The van der Waals surface area contributed by atoms with Gasteiger partial charge >= 0.3 is 5.97 Å². The van der Waals surface area contributed by atoms with Crippen LogP contribution in [0.2, 0.25) is 0 Å². The van der Waals surface area contributed by atoms with Gasteiger partial charge in [0.2, 0.25) is 5.91 Å². The molecule has 1 aromatic heterocycles. The largest absolute Gasteiger partial charge is 0.481 e. The highest BCUT2D eigenvalue weighted by Crippen LogP contribution is 2.58. The predicted octanol–water partition coefficient (Wildman–Crippen LogP) is 2.53. The molecule has 2 N–H and O–H groups in total. The van der Waals surface area contributed by atoms with Gasteiger partial charge in [0.15, 0.2) is 0 Å². The van der Waals surface area contributed by atoms with E-state index in [4.69, 9.17) is 5.11 Å². The lowest BCUT2D eigenvalue weighted by molar-refractivity contribution is -0.140. The number of pyridine rings is 1. The number of benzene rings is 1. The number of carbonyl (C=O) groups excluding carboxylic acids is 1. The SMILES string of the molecule is CC1(C)C(C(=O)O)C1C(=O)Nc1cccc2ncccc12. The predicted molar refractivity (Wildman–Crippen MR) is 78.8 cm³/mol. The van der Waals surface area contributed by atoms with Crippen molar-refractivity contribution in [3.8, 4) is 0 Å². The zero-order chi connectivity index (χ0) is 15.2. The van der Waals surface area contributed by atoms with Crippen molar-refractivity contribution in [2.75, 3.05) is 5.32 Å². The van der Waals surface area contributed by atoms with Gasteiger partial charge in [-0.05, 0) is 29.7 Å². The van der Waals surface area contributed by atoms with Gasteiger partial charge in [0.05, 0.1) is 23.0 Å². The van der Waals surface area contributed by atoms with E-state index in [0.717, 1.165) is 10.9 Å². The molecule has 1 heterocycles. The number of carbonyl (C=O) groups is 2. The number of carboxylic acid groups (broad SMARTS) is 1. The number of anilines is 1. The quantitative estimate of drug-likeness (QED) is 0.907. The van der Waals surface area contributed by atoms with Crippen molar-refractivity contribution in [3.63, 3.8) is 0 Å².